The molecule has 0 fully saturated rings. The number of aromatic carboxylic acids is 1. The summed E-state index contributed by atoms with van der Waals surface area (Å²) in [5.74, 6) is -0.327. The van der Waals surface area contributed by atoms with E-state index in [1.54, 1.807) is 16.7 Å². The molecule has 0 unspecified atom stereocenters. The molecule has 0 aliphatic carbocycles. The van der Waals surface area contributed by atoms with E-state index in [-0.39, 0.29) is 11.1 Å². The number of aromatic nitrogens is 1. The van der Waals surface area contributed by atoms with Crippen molar-refractivity contribution in [3.05, 3.63) is 40.2 Å². The highest BCUT2D eigenvalue weighted by molar-refractivity contribution is 5.96. The second-order valence-electron chi connectivity index (χ2n) is 5.10. The summed E-state index contributed by atoms with van der Waals surface area (Å²) in [6.45, 7) is 4.59. The van der Waals surface area contributed by atoms with Gasteiger partial charge in [-0.15, -0.1) is 0 Å². The number of hydrogen-bond donors (Lipinski definition) is 1. The zero-order valence-electron chi connectivity index (χ0n) is 11.7. The first-order valence-corrected chi connectivity index (χ1v) is 6.39. The molecule has 1 aromatic heterocycles. The lowest BCUT2D eigenvalue weighted by Crippen LogP contribution is -2.22. The minimum Gasteiger partial charge on any atom is -0.495 e. The first-order chi connectivity index (χ1) is 9.43. The van der Waals surface area contributed by atoms with E-state index in [0.29, 0.717) is 29.1 Å². The molecular weight excluding hydrogens is 258 g/mol. The number of carboxylic acid groups (broad SMARTS) is 1. The highest BCUT2D eigenvalue weighted by Crippen LogP contribution is 2.27. The van der Waals surface area contributed by atoms with Crippen LogP contribution in [-0.4, -0.2) is 22.8 Å². The molecule has 106 valence electrons. The minimum atomic E-state index is -1.02. The van der Waals surface area contributed by atoms with Crippen molar-refractivity contribution >= 4 is 16.9 Å². The van der Waals surface area contributed by atoms with Gasteiger partial charge in [0.2, 0.25) is 0 Å². The van der Waals surface area contributed by atoms with Gasteiger partial charge in [0.1, 0.15) is 5.75 Å². The highest BCUT2D eigenvalue weighted by atomic mass is 16.5. The quantitative estimate of drug-likeness (QED) is 0.930. The van der Waals surface area contributed by atoms with Crippen molar-refractivity contribution in [1.82, 2.24) is 4.57 Å². The van der Waals surface area contributed by atoms with Crippen LogP contribution >= 0.6 is 0 Å². The van der Waals surface area contributed by atoms with Gasteiger partial charge in [-0.05, 0) is 24.1 Å². The van der Waals surface area contributed by atoms with Crippen LogP contribution in [0.5, 0.6) is 5.75 Å². The van der Waals surface area contributed by atoms with E-state index in [9.17, 15) is 9.59 Å². The Morgan fingerprint density at radius 1 is 1.35 bits per heavy atom. The maximum absolute atomic E-state index is 12.0. The van der Waals surface area contributed by atoms with Crippen LogP contribution in [0.4, 0.5) is 0 Å². The van der Waals surface area contributed by atoms with Crippen LogP contribution in [0.3, 0.4) is 0 Å². The molecule has 0 saturated carbocycles. The van der Waals surface area contributed by atoms with E-state index in [0.717, 1.165) is 0 Å². The smallest absolute Gasteiger partial charge is 0.335 e. The summed E-state index contributed by atoms with van der Waals surface area (Å²) < 4.78 is 6.90. The maximum atomic E-state index is 12.0. The van der Waals surface area contributed by atoms with Crippen LogP contribution in [0, 0.1) is 5.92 Å². The van der Waals surface area contributed by atoms with E-state index in [4.69, 9.17) is 9.84 Å². The minimum absolute atomic E-state index is 0.118. The van der Waals surface area contributed by atoms with Gasteiger partial charge in [0.05, 0.1) is 18.2 Å². The number of carbonyl (C=O) groups is 1. The number of benzene rings is 1. The highest BCUT2D eigenvalue weighted by Gasteiger charge is 2.14. The Morgan fingerprint density at radius 3 is 2.60 bits per heavy atom. The van der Waals surface area contributed by atoms with Gasteiger partial charge in [0.15, 0.2) is 0 Å². The number of pyridine rings is 1. The lowest BCUT2D eigenvalue weighted by Gasteiger charge is -2.15. The summed E-state index contributed by atoms with van der Waals surface area (Å²) in [6.07, 6.45) is 0. The molecule has 20 heavy (non-hydrogen) atoms. The van der Waals surface area contributed by atoms with Crippen LogP contribution in [0.15, 0.2) is 29.1 Å². The topological polar surface area (TPSA) is 68.5 Å². The fourth-order valence-electron chi connectivity index (χ4n) is 2.23. The Hall–Kier alpha value is -2.30. The molecule has 1 N–H and O–H groups in total. The van der Waals surface area contributed by atoms with E-state index in [1.807, 2.05) is 13.8 Å². The molecule has 2 aromatic rings. The summed E-state index contributed by atoms with van der Waals surface area (Å²) in [5.41, 5.74) is 0.662. The van der Waals surface area contributed by atoms with Crippen molar-refractivity contribution in [1.29, 1.82) is 0 Å². The number of nitrogens with zero attached hydrogens (tertiary/aromatic N) is 1. The number of fused-ring (bicyclic) bond motifs is 1. The van der Waals surface area contributed by atoms with Gasteiger partial charge in [-0.1, -0.05) is 13.8 Å². The molecule has 0 saturated heterocycles. The molecule has 1 heterocycles. The third-order valence-electron chi connectivity index (χ3n) is 3.06. The van der Waals surface area contributed by atoms with Crippen molar-refractivity contribution in [2.45, 2.75) is 20.4 Å². The number of ether oxygens (including phenoxy) is 1. The van der Waals surface area contributed by atoms with E-state index in [2.05, 4.69) is 0 Å². The van der Waals surface area contributed by atoms with Crippen molar-refractivity contribution in [2.24, 2.45) is 5.92 Å². The Balaban J connectivity index is 2.82. The van der Waals surface area contributed by atoms with Crippen molar-refractivity contribution < 1.29 is 14.6 Å². The number of hydrogen-bond acceptors (Lipinski definition) is 3. The summed E-state index contributed by atoms with van der Waals surface area (Å²) in [7, 11) is 1.47. The zero-order valence-corrected chi connectivity index (χ0v) is 11.7. The van der Waals surface area contributed by atoms with Gasteiger partial charge in [0, 0.05) is 18.0 Å². The molecule has 2 rings (SSSR count). The van der Waals surface area contributed by atoms with Crippen LogP contribution in [0.2, 0.25) is 0 Å². The molecule has 0 spiro atoms. The van der Waals surface area contributed by atoms with Gasteiger partial charge in [-0.25, -0.2) is 4.79 Å². The molecular formula is C15H17NO4. The van der Waals surface area contributed by atoms with Crippen molar-refractivity contribution in [2.75, 3.05) is 7.11 Å². The molecule has 0 bridgehead atoms. The first-order valence-electron chi connectivity index (χ1n) is 6.39. The summed E-state index contributed by atoms with van der Waals surface area (Å²) in [5, 5.41) is 9.79. The van der Waals surface area contributed by atoms with Gasteiger partial charge in [-0.2, -0.15) is 0 Å². The molecule has 0 amide bonds. The maximum Gasteiger partial charge on any atom is 0.335 e. The standard InChI is InChI=1S/C15H17NO4/c1-9(2)8-16-13(17)5-4-10-6-11(15(18)19)7-12(20-3)14(10)16/h4-7,9H,8H2,1-3H3,(H,18,19). The Labute approximate surface area is 116 Å². The van der Waals surface area contributed by atoms with E-state index < -0.39 is 5.97 Å². The average Bonchev–Trinajstić information content (AvgIpc) is 2.40. The summed E-state index contributed by atoms with van der Waals surface area (Å²) in [6, 6.07) is 6.08. The molecule has 0 atom stereocenters. The van der Waals surface area contributed by atoms with E-state index in [1.165, 1.54) is 19.2 Å². The third kappa shape index (κ3) is 2.52. The first kappa shape index (κ1) is 14.1. The van der Waals surface area contributed by atoms with Gasteiger partial charge < -0.3 is 14.4 Å². The number of rotatable bonds is 4. The Bertz CT molecular complexity index is 716. The fraction of sp³-hybridized carbons (Fsp3) is 0.333. The normalized spacial score (nSPS) is 11.0. The van der Waals surface area contributed by atoms with Crippen LogP contribution in [-0.2, 0) is 6.54 Å². The molecule has 0 aliphatic rings. The zero-order chi connectivity index (χ0) is 14.9. The van der Waals surface area contributed by atoms with Crippen molar-refractivity contribution in [3.63, 3.8) is 0 Å². The Kier molecular flexibility index (Phi) is 3.79. The lowest BCUT2D eigenvalue weighted by molar-refractivity contribution is 0.0696. The second kappa shape index (κ2) is 5.36. The third-order valence-corrected chi connectivity index (χ3v) is 3.06. The van der Waals surface area contributed by atoms with E-state index >= 15 is 0 Å². The molecule has 5 heteroatoms. The summed E-state index contributed by atoms with van der Waals surface area (Å²) in [4.78, 5) is 23.2. The molecule has 0 radical (unpaired) electrons. The fourth-order valence-corrected chi connectivity index (χ4v) is 2.23. The Morgan fingerprint density at radius 2 is 2.05 bits per heavy atom. The van der Waals surface area contributed by atoms with Crippen LogP contribution in [0.1, 0.15) is 24.2 Å². The van der Waals surface area contributed by atoms with Gasteiger partial charge in [-0.3, -0.25) is 4.79 Å². The monoisotopic (exact) mass is 275 g/mol. The SMILES string of the molecule is COc1cc(C(=O)O)cc2ccc(=O)n(CC(C)C)c12. The van der Waals surface area contributed by atoms with Gasteiger partial charge >= 0.3 is 5.97 Å². The van der Waals surface area contributed by atoms with Crippen LogP contribution in [0.25, 0.3) is 10.9 Å². The molecule has 5 nitrogen and oxygen atoms in total. The van der Waals surface area contributed by atoms with Gasteiger partial charge in [0.25, 0.3) is 5.56 Å². The molecule has 1 aromatic carbocycles. The molecule has 0 aliphatic heterocycles. The largest absolute Gasteiger partial charge is 0.495 e. The predicted octanol–water partition coefficient (Wildman–Crippen LogP) is 2.36. The number of methoxy groups -OCH3 is 1. The van der Waals surface area contributed by atoms with Crippen molar-refractivity contribution in [3.8, 4) is 5.75 Å². The van der Waals surface area contributed by atoms with Crippen LogP contribution < -0.4 is 10.3 Å². The lowest BCUT2D eigenvalue weighted by atomic mass is 10.1. The second-order valence-corrected chi connectivity index (χ2v) is 5.10. The predicted molar refractivity (Wildman–Crippen MR) is 76.6 cm³/mol. The summed E-state index contributed by atoms with van der Waals surface area (Å²) >= 11 is 0. The number of carboxylic acids is 1. The average molecular weight is 275 g/mol.